The lowest BCUT2D eigenvalue weighted by atomic mass is 10.0. The van der Waals surface area contributed by atoms with Crippen molar-refractivity contribution in [3.63, 3.8) is 0 Å². The molecule has 1 amide bonds. The van der Waals surface area contributed by atoms with E-state index in [1.54, 1.807) is 0 Å². The van der Waals surface area contributed by atoms with Gasteiger partial charge in [-0.15, -0.1) is 0 Å². The molecular formula is C14H30N2O. The number of carbonyl (C=O) groups excluding carboxylic acids is 1. The first-order chi connectivity index (χ1) is 8.01. The lowest BCUT2D eigenvalue weighted by molar-refractivity contribution is -0.123. The number of rotatable bonds is 9. The van der Waals surface area contributed by atoms with Crippen molar-refractivity contribution in [3.8, 4) is 0 Å². The smallest absolute Gasteiger partial charge is 0.237 e. The van der Waals surface area contributed by atoms with Gasteiger partial charge in [-0.1, -0.05) is 47.0 Å². The van der Waals surface area contributed by atoms with Gasteiger partial charge in [0.2, 0.25) is 5.91 Å². The van der Waals surface area contributed by atoms with Crippen LogP contribution < -0.4 is 11.1 Å². The van der Waals surface area contributed by atoms with Crippen molar-refractivity contribution in [2.75, 3.05) is 0 Å². The Kier molecular flexibility index (Phi) is 9.14. The Hall–Kier alpha value is -0.570. The molecule has 0 aliphatic rings. The molecule has 0 spiro atoms. The van der Waals surface area contributed by atoms with Gasteiger partial charge in [0.1, 0.15) is 0 Å². The van der Waals surface area contributed by atoms with Gasteiger partial charge in [-0.2, -0.15) is 0 Å². The van der Waals surface area contributed by atoms with E-state index in [1.807, 2.05) is 0 Å². The highest BCUT2D eigenvalue weighted by molar-refractivity contribution is 5.81. The minimum absolute atomic E-state index is 0.0215. The monoisotopic (exact) mass is 242 g/mol. The van der Waals surface area contributed by atoms with Crippen molar-refractivity contribution in [3.05, 3.63) is 0 Å². The summed E-state index contributed by atoms with van der Waals surface area (Å²) in [5.41, 5.74) is 5.88. The fourth-order valence-corrected chi connectivity index (χ4v) is 2.01. The van der Waals surface area contributed by atoms with E-state index in [-0.39, 0.29) is 11.9 Å². The summed E-state index contributed by atoms with van der Waals surface area (Å²) in [5.74, 6) is 0.490. The Balaban J connectivity index is 4.09. The minimum atomic E-state index is -0.351. The Morgan fingerprint density at radius 2 is 1.82 bits per heavy atom. The van der Waals surface area contributed by atoms with Crippen LogP contribution in [0.25, 0.3) is 0 Å². The summed E-state index contributed by atoms with van der Waals surface area (Å²) in [4.78, 5) is 11.9. The average Bonchev–Trinajstić information content (AvgIpc) is 2.25. The normalized spacial score (nSPS) is 14.7. The van der Waals surface area contributed by atoms with Crippen LogP contribution in [0.4, 0.5) is 0 Å². The Morgan fingerprint density at radius 1 is 1.18 bits per heavy atom. The average molecular weight is 242 g/mol. The Morgan fingerprint density at radius 3 is 2.29 bits per heavy atom. The maximum atomic E-state index is 11.9. The molecule has 0 aliphatic carbocycles. The number of unbranched alkanes of at least 4 members (excludes halogenated alkanes) is 1. The van der Waals surface area contributed by atoms with Crippen molar-refractivity contribution in [1.82, 2.24) is 5.32 Å². The topological polar surface area (TPSA) is 55.1 Å². The molecule has 0 aromatic heterocycles. The van der Waals surface area contributed by atoms with Gasteiger partial charge in [-0.05, 0) is 25.2 Å². The maximum Gasteiger partial charge on any atom is 0.237 e. The molecule has 3 N–H and O–H groups in total. The van der Waals surface area contributed by atoms with Crippen LogP contribution in [0, 0.1) is 5.92 Å². The Labute approximate surface area is 107 Å². The zero-order chi connectivity index (χ0) is 13.3. The lowest BCUT2D eigenvalue weighted by Gasteiger charge is -2.21. The second-order valence-corrected chi connectivity index (χ2v) is 5.37. The first-order valence-corrected chi connectivity index (χ1v) is 7.07. The summed E-state index contributed by atoms with van der Waals surface area (Å²) in [5, 5.41) is 3.09. The molecule has 0 bridgehead atoms. The van der Waals surface area contributed by atoms with E-state index in [2.05, 4.69) is 33.0 Å². The molecule has 0 aromatic rings. The van der Waals surface area contributed by atoms with E-state index < -0.39 is 0 Å². The number of carbonyl (C=O) groups is 1. The predicted octanol–water partition coefficient (Wildman–Crippen LogP) is 2.83. The van der Waals surface area contributed by atoms with Crippen LogP contribution in [0.2, 0.25) is 0 Å². The van der Waals surface area contributed by atoms with Crippen molar-refractivity contribution >= 4 is 5.91 Å². The molecule has 0 rings (SSSR count). The summed E-state index contributed by atoms with van der Waals surface area (Å²) >= 11 is 0. The molecule has 0 heterocycles. The summed E-state index contributed by atoms with van der Waals surface area (Å²) in [6.45, 7) is 8.51. The largest absolute Gasteiger partial charge is 0.352 e. The summed E-state index contributed by atoms with van der Waals surface area (Å²) < 4.78 is 0. The highest BCUT2D eigenvalue weighted by Crippen LogP contribution is 2.08. The number of hydrogen-bond donors (Lipinski definition) is 2. The lowest BCUT2D eigenvalue weighted by Crippen LogP contribution is -2.45. The third-order valence-corrected chi connectivity index (χ3v) is 2.95. The molecule has 0 radical (unpaired) electrons. The zero-order valence-corrected chi connectivity index (χ0v) is 12.0. The van der Waals surface area contributed by atoms with Crippen molar-refractivity contribution in [2.24, 2.45) is 11.7 Å². The first-order valence-electron chi connectivity index (χ1n) is 7.07. The number of hydrogen-bond acceptors (Lipinski definition) is 2. The second kappa shape index (κ2) is 9.46. The molecule has 2 unspecified atom stereocenters. The first kappa shape index (κ1) is 16.4. The molecule has 0 saturated heterocycles. The maximum absolute atomic E-state index is 11.9. The predicted molar refractivity (Wildman–Crippen MR) is 73.8 cm³/mol. The molecular weight excluding hydrogens is 212 g/mol. The van der Waals surface area contributed by atoms with Gasteiger partial charge in [0.05, 0.1) is 6.04 Å². The summed E-state index contributed by atoms with van der Waals surface area (Å²) in [6.07, 6.45) is 6.34. The van der Waals surface area contributed by atoms with Crippen LogP contribution in [0.1, 0.15) is 66.2 Å². The van der Waals surface area contributed by atoms with E-state index in [1.165, 1.54) is 12.8 Å². The van der Waals surface area contributed by atoms with E-state index >= 15 is 0 Å². The van der Waals surface area contributed by atoms with E-state index in [0.717, 1.165) is 25.7 Å². The molecule has 17 heavy (non-hydrogen) atoms. The molecule has 3 heteroatoms. The fraction of sp³-hybridized carbons (Fsp3) is 0.929. The molecule has 3 nitrogen and oxygen atoms in total. The summed E-state index contributed by atoms with van der Waals surface area (Å²) in [6, 6.07) is -0.0401. The van der Waals surface area contributed by atoms with Crippen molar-refractivity contribution < 1.29 is 4.79 Å². The van der Waals surface area contributed by atoms with Gasteiger partial charge in [0.25, 0.3) is 0 Å². The van der Waals surface area contributed by atoms with Gasteiger partial charge in [0.15, 0.2) is 0 Å². The van der Waals surface area contributed by atoms with Crippen LogP contribution in [0.3, 0.4) is 0 Å². The van der Waals surface area contributed by atoms with Crippen LogP contribution in [0.15, 0.2) is 0 Å². The highest BCUT2D eigenvalue weighted by Gasteiger charge is 2.18. The SMILES string of the molecule is CCCCC(CCC)NC(=O)C(N)CC(C)C. The van der Waals surface area contributed by atoms with Crippen LogP contribution in [0.5, 0.6) is 0 Å². The second-order valence-electron chi connectivity index (χ2n) is 5.37. The summed E-state index contributed by atoms with van der Waals surface area (Å²) in [7, 11) is 0. The number of amides is 1. The van der Waals surface area contributed by atoms with Gasteiger partial charge < -0.3 is 11.1 Å². The van der Waals surface area contributed by atoms with Crippen LogP contribution in [-0.2, 0) is 4.79 Å². The quantitative estimate of drug-likeness (QED) is 0.653. The minimum Gasteiger partial charge on any atom is -0.352 e. The van der Waals surface area contributed by atoms with Crippen LogP contribution >= 0.6 is 0 Å². The standard InChI is InChI=1S/C14H30N2O/c1-5-7-9-12(8-6-2)16-14(17)13(15)10-11(3)4/h11-13H,5-10,15H2,1-4H3,(H,16,17). The van der Waals surface area contributed by atoms with Gasteiger partial charge >= 0.3 is 0 Å². The Bertz CT molecular complexity index is 204. The molecule has 102 valence electrons. The number of nitrogens with two attached hydrogens (primary N) is 1. The van der Waals surface area contributed by atoms with Crippen LogP contribution in [-0.4, -0.2) is 18.0 Å². The van der Waals surface area contributed by atoms with E-state index in [0.29, 0.717) is 12.0 Å². The molecule has 0 aliphatic heterocycles. The van der Waals surface area contributed by atoms with Gasteiger partial charge in [0, 0.05) is 6.04 Å². The number of nitrogens with one attached hydrogen (secondary N) is 1. The zero-order valence-electron chi connectivity index (χ0n) is 12.0. The van der Waals surface area contributed by atoms with E-state index in [4.69, 9.17) is 5.73 Å². The molecule has 0 fully saturated rings. The van der Waals surface area contributed by atoms with Gasteiger partial charge in [-0.25, -0.2) is 0 Å². The van der Waals surface area contributed by atoms with Gasteiger partial charge in [-0.3, -0.25) is 4.79 Å². The molecule has 0 aromatic carbocycles. The third kappa shape index (κ3) is 8.19. The molecule has 2 atom stereocenters. The third-order valence-electron chi connectivity index (χ3n) is 2.95. The molecule has 0 saturated carbocycles. The fourth-order valence-electron chi connectivity index (χ4n) is 2.01. The van der Waals surface area contributed by atoms with Crippen molar-refractivity contribution in [1.29, 1.82) is 0 Å². The van der Waals surface area contributed by atoms with Crippen molar-refractivity contribution in [2.45, 2.75) is 78.3 Å². The van der Waals surface area contributed by atoms with E-state index in [9.17, 15) is 4.79 Å². The highest BCUT2D eigenvalue weighted by atomic mass is 16.2.